The molecule has 0 saturated heterocycles. The summed E-state index contributed by atoms with van der Waals surface area (Å²) >= 11 is 1.85. The van der Waals surface area contributed by atoms with Crippen molar-refractivity contribution < 1.29 is 0 Å². The van der Waals surface area contributed by atoms with Crippen LogP contribution in [0, 0.1) is 0 Å². The van der Waals surface area contributed by atoms with Crippen LogP contribution in [0.15, 0.2) is 176 Å². The van der Waals surface area contributed by atoms with Crippen molar-refractivity contribution in [2.45, 2.75) is 0 Å². The zero-order chi connectivity index (χ0) is 33.0. The molecule has 0 fully saturated rings. The number of para-hydroxylation sites is 1. The maximum atomic E-state index is 4.65. The zero-order valence-electron chi connectivity index (χ0n) is 27.0. The Hall–Kier alpha value is -6.36. The average Bonchev–Trinajstić information content (AvgIpc) is 3.75. The summed E-state index contributed by atoms with van der Waals surface area (Å²) in [5.74, 6) is 0.747. The molecule has 0 amide bonds. The van der Waals surface area contributed by atoms with Crippen LogP contribution in [0.25, 0.3) is 92.4 Å². The van der Waals surface area contributed by atoms with Crippen LogP contribution in [0.3, 0.4) is 0 Å². The molecule has 3 heterocycles. The lowest BCUT2D eigenvalue weighted by Crippen LogP contribution is -1.95. The van der Waals surface area contributed by atoms with E-state index in [0.29, 0.717) is 0 Å². The molecule has 0 N–H and O–H groups in total. The van der Waals surface area contributed by atoms with Gasteiger partial charge in [0.25, 0.3) is 0 Å². The van der Waals surface area contributed by atoms with Gasteiger partial charge >= 0.3 is 0 Å². The number of aromatic nitrogens is 3. The fraction of sp³-hybridized carbons (Fsp3) is 0. The van der Waals surface area contributed by atoms with Gasteiger partial charge in [-0.3, -0.25) is 0 Å². The largest absolute Gasteiger partial charge is 0.309 e. The summed E-state index contributed by atoms with van der Waals surface area (Å²) in [5.41, 5.74) is 11.8. The molecule has 7 aromatic carbocycles. The first-order valence-electron chi connectivity index (χ1n) is 16.8. The van der Waals surface area contributed by atoms with Crippen LogP contribution in [0.2, 0.25) is 0 Å². The standard InChI is InChI=1S/C46H29N3S/c1-4-12-30(13-5-1)32-20-22-33(23-21-32)39-29-40-36-18-10-19-38(46-47-26-11-27-48-46)44(36)50-45(40)42-37-25-24-34(31-14-6-2-7-15-31)28-41(37)49(43(39)42)35-16-8-3-9-17-35/h1-29H. The molecule has 234 valence electrons. The third-order valence-corrected chi connectivity index (χ3v) is 11.0. The Morgan fingerprint density at radius 1 is 0.420 bits per heavy atom. The molecule has 10 aromatic rings. The van der Waals surface area contributed by atoms with Crippen molar-refractivity contribution in [2.24, 2.45) is 0 Å². The Bertz CT molecular complexity index is 2820. The second-order valence-electron chi connectivity index (χ2n) is 12.6. The van der Waals surface area contributed by atoms with Gasteiger partial charge < -0.3 is 4.57 Å². The first-order valence-corrected chi connectivity index (χ1v) is 17.6. The van der Waals surface area contributed by atoms with E-state index in [1.54, 1.807) is 0 Å². The first kappa shape index (κ1) is 28.6. The molecular weight excluding hydrogens is 627 g/mol. The van der Waals surface area contributed by atoms with Crippen molar-refractivity contribution >= 4 is 53.3 Å². The summed E-state index contributed by atoms with van der Waals surface area (Å²) in [5, 5.41) is 4.97. The Morgan fingerprint density at radius 3 is 1.76 bits per heavy atom. The Labute approximate surface area is 293 Å². The van der Waals surface area contributed by atoms with Crippen LogP contribution >= 0.6 is 11.3 Å². The van der Waals surface area contributed by atoms with Gasteiger partial charge in [-0.25, -0.2) is 9.97 Å². The average molecular weight is 656 g/mol. The minimum Gasteiger partial charge on any atom is -0.309 e. The molecule has 10 rings (SSSR count). The van der Waals surface area contributed by atoms with Crippen LogP contribution < -0.4 is 0 Å². The van der Waals surface area contributed by atoms with Gasteiger partial charge in [0.2, 0.25) is 0 Å². The molecule has 3 nitrogen and oxygen atoms in total. The molecule has 0 saturated carbocycles. The molecule has 0 atom stereocenters. The topological polar surface area (TPSA) is 30.7 Å². The van der Waals surface area contributed by atoms with E-state index in [0.717, 1.165) is 17.1 Å². The molecule has 0 aliphatic carbocycles. The highest BCUT2D eigenvalue weighted by molar-refractivity contribution is 7.27. The highest BCUT2D eigenvalue weighted by Gasteiger charge is 2.23. The molecule has 0 radical (unpaired) electrons. The van der Waals surface area contributed by atoms with Gasteiger partial charge in [-0.2, -0.15) is 0 Å². The number of hydrogen-bond donors (Lipinski definition) is 0. The summed E-state index contributed by atoms with van der Waals surface area (Å²) in [6, 6.07) is 58.9. The van der Waals surface area contributed by atoms with Crippen molar-refractivity contribution in [3.8, 4) is 50.5 Å². The van der Waals surface area contributed by atoms with Crippen LogP contribution in [0.1, 0.15) is 0 Å². The van der Waals surface area contributed by atoms with Crippen molar-refractivity contribution in [3.05, 3.63) is 176 Å². The molecule has 0 unspecified atom stereocenters. The fourth-order valence-corrected chi connectivity index (χ4v) is 8.76. The van der Waals surface area contributed by atoms with Gasteiger partial charge in [0.1, 0.15) is 0 Å². The second-order valence-corrected chi connectivity index (χ2v) is 13.6. The number of fused-ring (bicyclic) bond motifs is 7. The fourth-order valence-electron chi connectivity index (χ4n) is 7.42. The van der Waals surface area contributed by atoms with Gasteiger partial charge in [0.05, 0.1) is 11.0 Å². The molecule has 0 aliphatic rings. The van der Waals surface area contributed by atoms with E-state index in [2.05, 4.69) is 172 Å². The van der Waals surface area contributed by atoms with E-state index < -0.39 is 0 Å². The smallest absolute Gasteiger partial charge is 0.160 e. The maximum absolute atomic E-state index is 4.65. The van der Waals surface area contributed by atoms with Crippen LogP contribution in [-0.2, 0) is 0 Å². The molecular formula is C46H29N3S. The first-order chi connectivity index (χ1) is 24.8. The quantitative estimate of drug-likeness (QED) is 0.185. The van der Waals surface area contributed by atoms with Gasteiger partial charge in [-0.1, -0.05) is 127 Å². The van der Waals surface area contributed by atoms with E-state index in [1.165, 1.54) is 75.4 Å². The summed E-state index contributed by atoms with van der Waals surface area (Å²) in [7, 11) is 0. The van der Waals surface area contributed by atoms with E-state index in [9.17, 15) is 0 Å². The van der Waals surface area contributed by atoms with Gasteiger partial charge in [-0.15, -0.1) is 11.3 Å². The van der Waals surface area contributed by atoms with Crippen molar-refractivity contribution in [2.75, 3.05) is 0 Å². The van der Waals surface area contributed by atoms with E-state index in [1.807, 2.05) is 29.8 Å². The predicted molar refractivity (Wildman–Crippen MR) is 211 cm³/mol. The Balaban J connectivity index is 1.35. The Morgan fingerprint density at radius 2 is 1.04 bits per heavy atom. The number of rotatable bonds is 5. The van der Waals surface area contributed by atoms with Gasteiger partial charge in [-0.05, 0) is 64.2 Å². The van der Waals surface area contributed by atoms with Crippen LogP contribution in [0.5, 0.6) is 0 Å². The predicted octanol–water partition coefficient (Wildman–Crippen LogP) is 12.6. The maximum Gasteiger partial charge on any atom is 0.160 e. The molecule has 0 aliphatic heterocycles. The van der Waals surface area contributed by atoms with Gasteiger partial charge in [0.15, 0.2) is 5.82 Å². The number of nitrogens with zero attached hydrogens (tertiary/aromatic N) is 3. The minimum absolute atomic E-state index is 0.747. The van der Waals surface area contributed by atoms with Crippen molar-refractivity contribution in [1.29, 1.82) is 0 Å². The van der Waals surface area contributed by atoms with E-state index in [4.69, 9.17) is 0 Å². The normalized spacial score (nSPS) is 11.6. The third kappa shape index (κ3) is 4.57. The zero-order valence-corrected chi connectivity index (χ0v) is 27.8. The van der Waals surface area contributed by atoms with Gasteiger partial charge in [0, 0.05) is 60.2 Å². The summed E-state index contributed by atoms with van der Waals surface area (Å²) < 4.78 is 4.95. The minimum atomic E-state index is 0.747. The van der Waals surface area contributed by atoms with Crippen LogP contribution in [-0.4, -0.2) is 14.5 Å². The molecule has 3 aromatic heterocycles. The lowest BCUT2D eigenvalue weighted by molar-refractivity contribution is 1.18. The molecule has 0 spiro atoms. The highest BCUT2D eigenvalue weighted by Crippen LogP contribution is 2.49. The lowest BCUT2D eigenvalue weighted by Gasteiger charge is -2.13. The van der Waals surface area contributed by atoms with E-state index >= 15 is 0 Å². The second kappa shape index (κ2) is 11.7. The van der Waals surface area contributed by atoms with Crippen molar-refractivity contribution in [3.63, 3.8) is 0 Å². The number of thiophene rings is 1. The third-order valence-electron chi connectivity index (χ3n) is 9.72. The highest BCUT2D eigenvalue weighted by atomic mass is 32.1. The Kier molecular flexibility index (Phi) is 6.68. The van der Waals surface area contributed by atoms with Crippen molar-refractivity contribution in [1.82, 2.24) is 14.5 Å². The SMILES string of the molecule is c1ccc(-c2ccc(-c3cc4c5cccc(-c6ncccn6)c5sc4c4c5ccc(-c6ccccc6)cc5n(-c5ccccc5)c34)cc2)cc1. The summed E-state index contributed by atoms with van der Waals surface area (Å²) in [4.78, 5) is 9.31. The molecule has 0 bridgehead atoms. The monoisotopic (exact) mass is 655 g/mol. The molecule has 4 heteroatoms. The van der Waals surface area contributed by atoms with E-state index in [-0.39, 0.29) is 0 Å². The summed E-state index contributed by atoms with van der Waals surface area (Å²) in [6.45, 7) is 0. The number of benzene rings is 7. The lowest BCUT2D eigenvalue weighted by atomic mass is 9.96. The summed E-state index contributed by atoms with van der Waals surface area (Å²) in [6.07, 6.45) is 3.64. The molecule has 50 heavy (non-hydrogen) atoms. The number of hydrogen-bond acceptors (Lipinski definition) is 3. The van der Waals surface area contributed by atoms with Crippen LogP contribution in [0.4, 0.5) is 0 Å².